The fourth-order valence-electron chi connectivity index (χ4n) is 2.15. The molecule has 0 radical (unpaired) electrons. The fourth-order valence-corrected chi connectivity index (χ4v) is 3.93. The average molecular weight is 383 g/mol. The number of thioether (sulfide) groups is 2. The van der Waals surface area contributed by atoms with E-state index in [0.717, 1.165) is 16.7 Å². The van der Waals surface area contributed by atoms with Gasteiger partial charge in [0.25, 0.3) is 5.91 Å². The third-order valence-electron chi connectivity index (χ3n) is 3.10. The number of hydrogen-bond acceptors (Lipinski definition) is 7. The first-order valence-corrected chi connectivity index (χ1v) is 8.40. The van der Waals surface area contributed by atoms with Gasteiger partial charge in [0.15, 0.2) is 5.70 Å². The second-order valence-electron chi connectivity index (χ2n) is 4.39. The second kappa shape index (κ2) is 9.31. The Labute approximate surface area is 183 Å². The van der Waals surface area contributed by atoms with Crippen molar-refractivity contribution in [3.63, 3.8) is 0 Å². The topological polar surface area (TPSA) is 120 Å². The van der Waals surface area contributed by atoms with Crippen molar-refractivity contribution in [1.29, 1.82) is 5.26 Å². The molecule has 2 atom stereocenters. The number of aliphatic carboxylic acids is 1. The summed E-state index contributed by atoms with van der Waals surface area (Å²) >= 11 is 2.48. The van der Waals surface area contributed by atoms with Crippen LogP contribution < -0.4 is 5.32 Å². The van der Waals surface area contributed by atoms with Gasteiger partial charge in [0, 0.05) is 0 Å². The van der Waals surface area contributed by atoms with E-state index in [1.165, 1.54) is 18.9 Å². The molecule has 1 saturated heterocycles. The standard InChI is InChI=1S/C12H13N3O5S2.K.H/c1-20-6-4-22-11-8(14-7(16)5-21-3-2-13)10(17)15(11)9(6)12(18)19;;/h8,11H,3-5H2,1H3,(H,14,16)(H,18,19);;/t8?,11-;;/m1../s1. The molecule has 120 valence electrons. The van der Waals surface area contributed by atoms with Gasteiger partial charge in [-0.05, 0) is 0 Å². The number of ether oxygens (including phenoxy) is 1. The second-order valence-corrected chi connectivity index (χ2v) is 6.48. The molecule has 0 aromatic carbocycles. The van der Waals surface area contributed by atoms with Crippen LogP contribution in [-0.2, 0) is 19.1 Å². The molecule has 0 aliphatic carbocycles. The summed E-state index contributed by atoms with van der Waals surface area (Å²) in [5.74, 6) is -1.22. The molecule has 0 aromatic rings. The van der Waals surface area contributed by atoms with Crippen LogP contribution in [0.1, 0.15) is 0 Å². The van der Waals surface area contributed by atoms with Gasteiger partial charge in [-0.25, -0.2) is 4.79 Å². The van der Waals surface area contributed by atoms with Crippen molar-refractivity contribution in [2.75, 3.05) is 24.4 Å². The van der Waals surface area contributed by atoms with Gasteiger partial charge in [-0.3, -0.25) is 14.5 Å². The minimum atomic E-state index is -1.23. The van der Waals surface area contributed by atoms with Gasteiger partial charge in [-0.2, -0.15) is 5.26 Å². The monoisotopic (exact) mass is 383 g/mol. The van der Waals surface area contributed by atoms with E-state index in [-0.39, 0.29) is 80.3 Å². The zero-order valence-corrected chi connectivity index (χ0v) is 13.2. The average Bonchev–Trinajstić information content (AvgIpc) is 2.51. The molecule has 0 saturated carbocycles. The Morgan fingerprint density at radius 1 is 1.61 bits per heavy atom. The van der Waals surface area contributed by atoms with Crippen LogP contribution in [0.15, 0.2) is 11.5 Å². The van der Waals surface area contributed by atoms with Crippen molar-refractivity contribution in [2.24, 2.45) is 0 Å². The van der Waals surface area contributed by atoms with Crippen LogP contribution >= 0.6 is 23.5 Å². The minimum absolute atomic E-state index is 0. The number of β-lactam (4-membered cyclic amide) rings is 1. The Kier molecular flexibility index (Phi) is 8.43. The maximum atomic E-state index is 12.1. The molecule has 2 heterocycles. The SMILES string of the molecule is COC1=C(C(=O)O)N2C(=O)C(NC(=O)CSCC#N)[C@H]2SC1.[KH]. The molecule has 23 heavy (non-hydrogen) atoms. The molecule has 2 aliphatic heterocycles. The van der Waals surface area contributed by atoms with E-state index in [1.807, 2.05) is 6.07 Å². The van der Waals surface area contributed by atoms with E-state index in [9.17, 15) is 19.5 Å². The summed E-state index contributed by atoms with van der Waals surface area (Å²) in [4.78, 5) is 36.3. The first kappa shape index (κ1) is 20.8. The number of methoxy groups -OCH3 is 1. The number of carbonyl (C=O) groups is 3. The van der Waals surface area contributed by atoms with Gasteiger partial charge < -0.3 is 15.2 Å². The first-order valence-electron chi connectivity index (χ1n) is 6.20. The summed E-state index contributed by atoms with van der Waals surface area (Å²) in [6, 6.07) is 1.16. The normalized spacial score (nSPS) is 22.3. The van der Waals surface area contributed by atoms with Crippen molar-refractivity contribution in [1.82, 2.24) is 10.2 Å². The van der Waals surface area contributed by atoms with Gasteiger partial charge in [0.2, 0.25) is 5.91 Å². The van der Waals surface area contributed by atoms with Crippen LogP contribution in [0.25, 0.3) is 0 Å². The van der Waals surface area contributed by atoms with Crippen molar-refractivity contribution in [3.05, 3.63) is 11.5 Å². The summed E-state index contributed by atoms with van der Waals surface area (Å²) in [7, 11) is 1.36. The summed E-state index contributed by atoms with van der Waals surface area (Å²) in [6.45, 7) is 0. The van der Waals surface area contributed by atoms with Crippen LogP contribution in [0.2, 0.25) is 0 Å². The molecule has 11 heteroatoms. The third-order valence-corrected chi connectivity index (χ3v) is 5.15. The number of hydrogen-bond donors (Lipinski definition) is 2. The van der Waals surface area contributed by atoms with Crippen molar-refractivity contribution < 1.29 is 24.2 Å². The van der Waals surface area contributed by atoms with E-state index in [1.54, 1.807) is 0 Å². The molecule has 2 N–H and O–H groups in total. The number of nitriles is 1. The molecule has 0 spiro atoms. The molecule has 2 rings (SSSR count). The van der Waals surface area contributed by atoms with E-state index >= 15 is 0 Å². The van der Waals surface area contributed by atoms with Crippen LogP contribution in [0.4, 0.5) is 0 Å². The van der Waals surface area contributed by atoms with E-state index in [0.29, 0.717) is 5.75 Å². The Morgan fingerprint density at radius 3 is 2.87 bits per heavy atom. The van der Waals surface area contributed by atoms with E-state index in [2.05, 4.69) is 5.32 Å². The zero-order chi connectivity index (χ0) is 16.3. The van der Waals surface area contributed by atoms with Gasteiger partial charge in [0.05, 0.1) is 30.4 Å². The third kappa shape index (κ3) is 4.44. The molecule has 0 aromatic heterocycles. The Balaban J connectivity index is 0.00000264. The molecule has 1 unspecified atom stereocenters. The molecule has 2 aliphatic rings. The van der Waals surface area contributed by atoms with E-state index < -0.39 is 23.3 Å². The number of fused-ring (bicyclic) bond motifs is 1. The first-order chi connectivity index (χ1) is 10.5. The Hall–Kier alpha value is -0.224. The predicted octanol–water partition coefficient (Wildman–Crippen LogP) is -1.06. The van der Waals surface area contributed by atoms with Crippen LogP contribution in [0.3, 0.4) is 0 Å². The molecular formula is C12H14KN3O5S2. The van der Waals surface area contributed by atoms with Gasteiger partial charge in [-0.15, -0.1) is 23.5 Å². The predicted molar refractivity (Wildman–Crippen MR) is 86.8 cm³/mol. The number of carbonyl (C=O) groups excluding carboxylic acids is 2. The summed E-state index contributed by atoms with van der Waals surface area (Å²) < 4.78 is 5.01. The summed E-state index contributed by atoms with van der Waals surface area (Å²) in [6.07, 6.45) is 0. The molecule has 0 bridgehead atoms. The quantitative estimate of drug-likeness (QED) is 0.338. The van der Waals surface area contributed by atoms with Crippen LogP contribution in [0.5, 0.6) is 0 Å². The number of amides is 2. The number of carboxylic acid groups (broad SMARTS) is 1. The van der Waals surface area contributed by atoms with E-state index in [4.69, 9.17) is 10.00 Å². The number of nitrogens with zero attached hydrogens (tertiary/aromatic N) is 2. The molecule has 2 amide bonds. The molecule has 8 nitrogen and oxygen atoms in total. The number of rotatable bonds is 6. The summed E-state index contributed by atoms with van der Waals surface area (Å²) in [5, 5.41) is 19.8. The van der Waals surface area contributed by atoms with Crippen molar-refractivity contribution >= 4 is 92.7 Å². The Morgan fingerprint density at radius 2 is 2.30 bits per heavy atom. The molecular weight excluding hydrogens is 369 g/mol. The van der Waals surface area contributed by atoms with Crippen molar-refractivity contribution in [3.8, 4) is 6.07 Å². The van der Waals surface area contributed by atoms with Crippen LogP contribution in [0, 0.1) is 11.3 Å². The maximum absolute atomic E-state index is 12.1. The fraction of sp³-hybridized carbons (Fsp3) is 0.500. The molecule has 1 fully saturated rings. The van der Waals surface area contributed by atoms with Gasteiger partial charge >= 0.3 is 57.4 Å². The van der Waals surface area contributed by atoms with Crippen molar-refractivity contribution in [2.45, 2.75) is 11.4 Å². The zero-order valence-electron chi connectivity index (χ0n) is 11.6. The Bertz CT molecular complexity index is 592. The number of nitrogens with one attached hydrogen (secondary N) is 1. The van der Waals surface area contributed by atoms with Crippen LogP contribution in [-0.4, -0.2) is 115 Å². The van der Waals surface area contributed by atoms with Gasteiger partial charge in [-0.1, -0.05) is 0 Å². The van der Waals surface area contributed by atoms with Gasteiger partial charge in [0.1, 0.15) is 17.2 Å². The summed E-state index contributed by atoms with van der Waals surface area (Å²) in [5.41, 5.74) is -0.166. The number of carboxylic acids is 1.